The van der Waals surface area contributed by atoms with Gasteiger partial charge in [0.1, 0.15) is 0 Å². The predicted octanol–water partition coefficient (Wildman–Crippen LogP) is 2.14. The molecule has 1 N–H and O–H groups in total. The minimum absolute atomic E-state index is 0.542. The van der Waals surface area contributed by atoms with Crippen molar-refractivity contribution in [1.82, 2.24) is 5.32 Å². The Hall–Kier alpha value is -0.870. The van der Waals surface area contributed by atoms with Gasteiger partial charge in [0.2, 0.25) is 0 Å². The Morgan fingerprint density at radius 1 is 1.17 bits per heavy atom. The molecule has 18 heavy (non-hydrogen) atoms. The average Bonchev–Trinajstić information content (AvgIpc) is 2.97. The summed E-state index contributed by atoms with van der Waals surface area (Å²) in [5, 5.41) is 3.02. The molecule has 0 saturated heterocycles. The predicted molar refractivity (Wildman–Crippen MR) is 73.7 cm³/mol. The van der Waals surface area contributed by atoms with Crippen molar-refractivity contribution in [3.05, 3.63) is 28.8 Å². The quantitative estimate of drug-likeness (QED) is 0.909. The van der Waals surface area contributed by atoms with E-state index in [2.05, 4.69) is 5.32 Å². The topological polar surface area (TPSA) is 46.2 Å². The molecule has 1 fully saturated rings. The van der Waals surface area contributed by atoms with E-state index >= 15 is 0 Å². The number of aryl methyl sites for hydroxylation is 3. The molecule has 0 spiro atoms. The van der Waals surface area contributed by atoms with Crippen LogP contribution in [0, 0.1) is 20.8 Å². The average molecular weight is 267 g/mol. The van der Waals surface area contributed by atoms with Crippen LogP contribution in [0.25, 0.3) is 0 Å². The molecule has 4 heteroatoms. The number of benzene rings is 1. The lowest BCUT2D eigenvalue weighted by Crippen LogP contribution is -2.34. The summed E-state index contributed by atoms with van der Waals surface area (Å²) in [5.41, 5.74) is 2.85. The van der Waals surface area contributed by atoms with Gasteiger partial charge in [-0.1, -0.05) is 17.7 Å². The first-order valence-corrected chi connectivity index (χ1v) is 7.79. The summed E-state index contributed by atoms with van der Waals surface area (Å²) in [4.78, 5) is 0.542. The lowest BCUT2D eigenvalue weighted by molar-refractivity contribution is 0.568. The fraction of sp³-hybridized carbons (Fsp3) is 0.571. The van der Waals surface area contributed by atoms with Gasteiger partial charge < -0.3 is 5.32 Å². The van der Waals surface area contributed by atoms with E-state index in [4.69, 9.17) is 0 Å². The van der Waals surface area contributed by atoms with Crippen LogP contribution in [0.15, 0.2) is 17.0 Å². The minimum Gasteiger partial charge on any atom is -0.318 e. The van der Waals surface area contributed by atoms with Gasteiger partial charge in [0.25, 0.3) is 0 Å². The first-order chi connectivity index (χ1) is 8.34. The van der Waals surface area contributed by atoms with Crippen LogP contribution >= 0.6 is 0 Å². The first kappa shape index (κ1) is 13.6. The van der Waals surface area contributed by atoms with Crippen LogP contribution in [0.5, 0.6) is 0 Å². The maximum absolute atomic E-state index is 12.8. The summed E-state index contributed by atoms with van der Waals surface area (Å²) < 4.78 is 25.1. The maximum Gasteiger partial charge on any atom is 0.185 e. The molecule has 2 rings (SSSR count). The molecular weight excluding hydrogens is 246 g/mol. The number of rotatable bonds is 4. The second-order valence-electron chi connectivity index (χ2n) is 5.44. The molecule has 0 radical (unpaired) electrons. The molecule has 0 aliphatic heterocycles. The van der Waals surface area contributed by atoms with E-state index in [9.17, 15) is 8.42 Å². The lowest BCUT2D eigenvalue weighted by Gasteiger charge is -2.19. The van der Waals surface area contributed by atoms with Crippen LogP contribution in [-0.4, -0.2) is 26.8 Å². The Balaban J connectivity index is 2.56. The third-order valence-electron chi connectivity index (χ3n) is 3.75. The van der Waals surface area contributed by atoms with E-state index < -0.39 is 14.6 Å². The number of hydrogen-bond acceptors (Lipinski definition) is 3. The summed E-state index contributed by atoms with van der Waals surface area (Å²) in [6, 6.07) is 3.91. The van der Waals surface area contributed by atoms with E-state index in [1.807, 2.05) is 40.0 Å². The van der Waals surface area contributed by atoms with Crippen LogP contribution < -0.4 is 5.32 Å². The second-order valence-corrected chi connectivity index (χ2v) is 7.73. The molecule has 0 bridgehead atoms. The van der Waals surface area contributed by atoms with Gasteiger partial charge in [0, 0.05) is 6.54 Å². The molecule has 1 aromatic carbocycles. The van der Waals surface area contributed by atoms with Gasteiger partial charge in [0.15, 0.2) is 9.84 Å². The molecule has 0 unspecified atom stereocenters. The summed E-state index contributed by atoms with van der Waals surface area (Å²) in [6.07, 6.45) is 1.53. The lowest BCUT2D eigenvalue weighted by atomic mass is 10.1. The number of nitrogens with one attached hydrogen (secondary N) is 1. The van der Waals surface area contributed by atoms with Crippen molar-refractivity contribution < 1.29 is 8.42 Å². The highest BCUT2D eigenvalue weighted by Gasteiger charge is 2.55. The van der Waals surface area contributed by atoms with Crippen molar-refractivity contribution in [3.63, 3.8) is 0 Å². The smallest absolute Gasteiger partial charge is 0.185 e. The first-order valence-electron chi connectivity index (χ1n) is 6.31. The Labute approximate surface area is 110 Å². The summed E-state index contributed by atoms with van der Waals surface area (Å²) in [7, 11) is -1.42. The highest BCUT2D eigenvalue weighted by atomic mass is 32.2. The van der Waals surface area contributed by atoms with Crippen molar-refractivity contribution in [2.75, 3.05) is 13.6 Å². The van der Waals surface area contributed by atoms with Gasteiger partial charge in [-0.3, -0.25) is 0 Å². The van der Waals surface area contributed by atoms with Gasteiger partial charge in [-0.15, -0.1) is 0 Å². The Kier molecular flexibility index (Phi) is 3.28. The third kappa shape index (κ3) is 1.97. The van der Waals surface area contributed by atoms with Crippen molar-refractivity contribution in [2.24, 2.45) is 0 Å². The molecule has 1 aromatic rings. The molecule has 3 nitrogen and oxygen atoms in total. The summed E-state index contributed by atoms with van der Waals surface area (Å²) >= 11 is 0. The fourth-order valence-corrected chi connectivity index (χ4v) is 5.18. The van der Waals surface area contributed by atoms with Gasteiger partial charge in [-0.05, 0) is 51.8 Å². The van der Waals surface area contributed by atoms with Gasteiger partial charge in [-0.2, -0.15) is 0 Å². The van der Waals surface area contributed by atoms with Crippen LogP contribution in [0.4, 0.5) is 0 Å². The van der Waals surface area contributed by atoms with Gasteiger partial charge in [0.05, 0.1) is 9.64 Å². The Bertz CT molecular complexity index is 548. The SMILES string of the molecule is CNCC1(S(=O)(=O)c2c(C)cc(C)cc2C)CC1. The van der Waals surface area contributed by atoms with E-state index in [1.165, 1.54) is 0 Å². The minimum atomic E-state index is -3.23. The molecule has 0 amide bonds. The molecule has 0 aromatic heterocycles. The highest BCUT2D eigenvalue weighted by molar-refractivity contribution is 7.93. The maximum atomic E-state index is 12.8. The van der Waals surface area contributed by atoms with Crippen molar-refractivity contribution in [2.45, 2.75) is 43.3 Å². The zero-order valence-corrected chi connectivity index (χ0v) is 12.3. The fourth-order valence-electron chi connectivity index (χ4n) is 2.81. The summed E-state index contributed by atoms with van der Waals surface area (Å²) in [6.45, 7) is 6.32. The van der Waals surface area contributed by atoms with Crippen LogP contribution in [0.2, 0.25) is 0 Å². The second kappa shape index (κ2) is 4.35. The molecule has 1 aliphatic rings. The van der Waals surface area contributed by atoms with Gasteiger partial charge >= 0.3 is 0 Å². The van der Waals surface area contributed by atoms with Crippen LogP contribution in [0.1, 0.15) is 29.5 Å². The highest BCUT2D eigenvalue weighted by Crippen LogP contribution is 2.47. The molecular formula is C14H21NO2S. The molecule has 0 atom stereocenters. The zero-order chi connectivity index (χ0) is 13.6. The van der Waals surface area contributed by atoms with E-state index in [0.29, 0.717) is 11.4 Å². The molecule has 1 saturated carbocycles. The van der Waals surface area contributed by atoms with Crippen LogP contribution in [0.3, 0.4) is 0 Å². The normalized spacial score (nSPS) is 17.8. The van der Waals surface area contributed by atoms with E-state index in [1.54, 1.807) is 0 Å². The number of sulfone groups is 1. The molecule has 0 heterocycles. The Morgan fingerprint density at radius 3 is 2.06 bits per heavy atom. The summed E-state index contributed by atoms with van der Waals surface area (Å²) in [5.74, 6) is 0. The molecule has 100 valence electrons. The van der Waals surface area contributed by atoms with Gasteiger partial charge in [-0.25, -0.2) is 8.42 Å². The van der Waals surface area contributed by atoms with E-state index in [-0.39, 0.29) is 0 Å². The Morgan fingerprint density at radius 2 is 1.67 bits per heavy atom. The van der Waals surface area contributed by atoms with Crippen LogP contribution in [-0.2, 0) is 9.84 Å². The van der Waals surface area contributed by atoms with Crippen molar-refractivity contribution >= 4 is 9.84 Å². The monoisotopic (exact) mass is 267 g/mol. The van der Waals surface area contributed by atoms with Crippen molar-refractivity contribution in [3.8, 4) is 0 Å². The third-order valence-corrected chi connectivity index (χ3v) is 6.62. The standard InChI is InChI=1S/C14H21NO2S/c1-10-7-11(2)13(12(3)8-10)18(16,17)14(5-6-14)9-15-4/h7-8,15H,5-6,9H2,1-4H3. The largest absolute Gasteiger partial charge is 0.318 e. The van der Waals surface area contributed by atoms with E-state index in [0.717, 1.165) is 29.5 Å². The van der Waals surface area contributed by atoms with Crippen molar-refractivity contribution in [1.29, 1.82) is 0 Å². The zero-order valence-electron chi connectivity index (χ0n) is 11.5. The molecule has 1 aliphatic carbocycles. The number of hydrogen-bond donors (Lipinski definition) is 1.